The molecule has 29 heavy (non-hydrogen) atoms. The minimum Gasteiger partial charge on any atom is -0.488 e. The topological polar surface area (TPSA) is 73.2 Å². The summed E-state index contributed by atoms with van der Waals surface area (Å²) in [7, 11) is 0. The summed E-state index contributed by atoms with van der Waals surface area (Å²) in [6.07, 6.45) is 4.72. The van der Waals surface area contributed by atoms with Crippen LogP contribution in [0, 0.1) is 5.82 Å². The van der Waals surface area contributed by atoms with Crippen molar-refractivity contribution in [1.82, 2.24) is 15.1 Å². The number of hydrogen-bond acceptors (Lipinski definition) is 4. The number of aromatic nitrogens is 2. The Bertz CT molecular complexity index is 1060. The molecular formula is C22H22FN3O3. The van der Waals surface area contributed by atoms with E-state index < -0.39 is 0 Å². The van der Waals surface area contributed by atoms with Crippen LogP contribution in [0.3, 0.4) is 0 Å². The molecule has 1 aliphatic rings. The number of carbonyl (C=O) groups is 1. The smallest absolute Gasteiger partial charge is 0.242 e. The van der Waals surface area contributed by atoms with Crippen LogP contribution in [0.25, 0.3) is 10.9 Å². The maximum atomic E-state index is 13.1. The molecule has 1 N–H and O–H groups in total. The van der Waals surface area contributed by atoms with Gasteiger partial charge in [0.05, 0.1) is 17.8 Å². The zero-order chi connectivity index (χ0) is 20.2. The molecular weight excluding hydrogens is 373 g/mol. The number of para-hydroxylation sites is 1. The van der Waals surface area contributed by atoms with Crippen LogP contribution in [-0.2, 0) is 11.3 Å². The van der Waals surface area contributed by atoms with Gasteiger partial charge in [-0.2, -0.15) is 5.10 Å². The van der Waals surface area contributed by atoms with E-state index in [9.17, 15) is 14.0 Å². The predicted octanol–water partition coefficient (Wildman–Crippen LogP) is 3.04. The van der Waals surface area contributed by atoms with E-state index in [1.807, 2.05) is 6.07 Å². The Morgan fingerprint density at radius 2 is 1.90 bits per heavy atom. The van der Waals surface area contributed by atoms with E-state index in [1.165, 1.54) is 23.0 Å². The first-order valence-corrected chi connectivity index (χ1v) is 9.76. The van der Waals surface area contributed by atoms with Gasteiger partial charge in [-0.3, -0.25) is 14.3 Å². The van der Waals surface area contributed by atoms with Crippen molar-refractivity contribution in [2.75, 3.05) is 0 Å². The van der Waals surface area contributed by atoms with E-state index in [0.717, 1.165) is 25.7 Å². The summed E-state index contributed by atoms with van der Waals surface area (Å²) < 4.78 is 20.7. The molecule has 6 nitrogen and oxygen atoms in total. The number of benzene rings is 2. The highest BCUT2D eigenvalue weighted by Crippen LogP contribution is 2.24. The maximum Gasteiger partial charge on any atom is 0.242 e. The lowest BCUT2D eigenvalue weighted by Crippen LogP contribution is -2.48. The van der Waals surface area contributed by atoms with Crippen molar-refractivity contribution in [3.05, 3.63) is 70.8 Å². The van der Waals surface area contributed by atoms with Crippen molar-refractivity contribution >= 4 is 16.8 Å². The molecule has 150 valence electrons. The van der Waals surface area contributed by atoms with E-state index in [2.05, 4.69) is 10.4 Å². The van der Waals surface area contributed by atoms with Gasteiger partial charge in [-0.1, -0.05) is 18.6 Å². The molecule has 0 unspecified atom stereocenters. The lowest BCUT2D eigenvalue weighted by molar-refractivity contribution is -0.123. The number of carbonyl (C=O) groups excluding carboxylic acids is 1. The minimum atomic E-state index is -0.313. The summed E-state index contributed by atoms with van der Waals surface area (Å²) in [5, 5.41) is 7.70. The van der Waals surface area contributed by atoms with Crippen LogP contribution in [0.15, 0.2) is 59.5 Å². The summed E-state index contributed by atoms with van der Waals surface area (Å²) >= 11 is 0. The summed E-state index contributed by atoms with van der Waals surface area (Å²) in [4.78, 5) is 24.7. The number of nitrogens with zero attached hydrogens (tertiary/aromatic N) is 2. The second kappa shape index (κ2) is 8.43. The van der Waals surface area contributed by atoms with Crippen molar-refractivity contribution in [1.29, 1.82) is 0 Å². The number of hydrogen-bond donors (Lipinski definition) is 1. The number of fused-ring (bicyclic) bond motifs is 1. The monoisotopic (exact) mass is 395 g/mol. The summed E-state index contributed by atoms with van der Waals surface area (Å²) in [5.74, 6) is 0.0863. The van der Waals surface area contributed by atoms with Crippen molar-refractivity contribution in [3.8, 4) is 5.75 Å². The first-order valence-electron chi connectivity index (χ1n) is 9.76. The minimum absolute atomic E-state index is 0.0144. The van der Waals surface area contributed by atoms with Gasteiger partial charge < -0.3 is 10.1 Å². The van der Waals surface area contributed by atoms with Crippen LogP contribution >= 0.6 is 0 Å². The first-order chi connectivity index (χ1) is 14.1. The molecule has 0 saturated heterocycles. The molecule has 0 bridgehead atoms. The third-order valence-electron chi connectivity index (χ3n) is 5.21. The molecule has 1 aliphatic carbocycles. The Morgan fingerprint density at radius 1 is 1.14 bits per heavy atom. The van der Waals surface area contributed by atoms with Crippen LogP contribution in [0.4, 0.5) is 4.39 Å². The number of rotatable bonds is 5. The second-order valence-corrected chi connectivity index (χ2v) is 7.25. The predicted molar refractivity (Wildman–Crippen MR) is 107 cm³/mol. The van der Waals surface area contributed by atoms with Gasteiger partial charge in [-0.25, -0.2) is 4.39 Å². The van der Waals surface area contributed by atoms with Crippen LogP contribution in [0.5, 0.6) is 5.75 Å². The van der Waals surface area contributed by atoms with Crippen molar-refractivity contribution in [3.63, 3.8) is 0 Å². The zero-order valence-electron chi connectivity index (χ0n) is 15.9. The zero-order valence-corrected chi connectivity index (χ0v) is 15.9. The molecule has 2 aromatic carbocycles. The lowest BCUT2D eigenvalue weighted by atomic mass is 9.92. The van der Waals surface area contributed by atoms with Gasteiger partial charge in [0, 0.05) is 5.39 Å². The first kappa shape index (κ1) is 19.1. The van der Waals surface area contributed by atoms with Crippen LogP contribution in [0.2, 0.25) is 0 Å². The molecule has 1 heterocycles. The highest BCUT2D eigenvalue weighted by molar-refractivity contribution is 5.81. The molecule has 4 rings (SSSR count). The van der Waals surface area contributed by atoms with E-state index >= 15 is 0 Å². The fraction of sp³-hybridized carbons (Fsp3) is 0.318. The molecule has 0 spiro atoms. The van der Waals surface area contributed by atoms with Crippen LogP contribution in [0.1, 0.15) is 25.7 Å². The second-order valence-electron chi connectivity index (χ2n) is 7.25. The molecule has 2 atom stereocenters. The summed E-state index contributed by atoms with van der Waals surface area (Å²) in [6.45, 7) is 0.0144. The summed E-state index contributed by atoms with van der Waals surface area (Å²) in [5.41, 5.74) is 0.454. The molecule has 0 radical (unpaired) electrons. The maximum absolute atomic E-state index is 13.1. The van der Waals surface area contributed by atoms with Gasteiger partial charge in [0.25, 0.3) is 0 Å². The van der Waals surface area contributed by atoms with E-state index in [0.29, 0.717) is 16.7 Å². The van der Waals surface area contributed by atoms with Crippen molar-refractivity contribution < 1.29 is 13.9 Å². The third-order valence-corrected chi connectivity index (χ3v) is 5.21. The molecule has 0 aliphatic heterocycles. The lowest BCUT2D eigenvalue weighted by Gasteiger charge is -2.32. The van der Waals surface area contributed by atoms with Crippen molar-refractivity contribution in [2.45, 2.75) is 44.4 Å². The number of ether oxygens (including phenoxy) is 1. The van der Waals surface area contributed by atoms with Crippen LogP contribution in [-0.4, -0.2) is 27.8 Å². The molecule has 3 aromatic rings. The molecule has 7 heteroatoms. The Morgan fingerprint density at radius 3 is 2.72 bits per heavy atom. The van der Waals surface area contributed by atoms with E-state index in [1.54, 1.807) is 30.3 Å². The highest BCUT2D eigenvalue weighted by atomic mass is 19.1. The molecule has 1 fully saturated rings. The fourth-order valence-electron chi connectivity index (χ4n) is 3.77. The van der Waals surface area contributed by atoms with Gasteiger partial charge in [0.2, 0.25) is 11.3 Å². The van der Waals surface area contributed by atoms with Crippen molar-refractivity contribution in [2.24, 2.45) is 0 Å². The Hall–Kier alpha value is -3.22. The van der Waals surface area contributed by atoms with Gasteiger partial charge >= 0.3 is 0 Å². The van der Waals surface area contributed by atoms with Gasteiger partial charge in [-0.05, 0) is 55.7 Å². The van der Waals surface area contributed by atoms with Gasteiger partial charge in [-0.15, -0.1) is 0 Å². The Kier molecular flexibility index (Phi) is 5.55. The highest BCUT2D eigenvalue weighted by Gasteiger charge is 2.28. The van der Waals surface area contributed by atoms with Gasteiger partial charge in [0.1, 0.15) is 24.2 Å². The summed E-state index contributed by atoms with van der Waals surface area (Å²) in [6, 6.07) is 12.9. The number of nitrogens with one attached hydrogen (secondary N) is 1. The molecule has 1 saturated carbocycles. The number of halogens is 1. The number of amides is 1. The molecule has 1 amide bonds. The average Bonchev–Trinajstić information content (AvgIpc) is 2.73. The third kappa shape index (κ3) is 4.45. The fourth-order valence-corrected chi connectivity index (χ4v) is 3.77. The SMILES string of the molecule is O=C(Cn1ncc(=O)c2ccccc21)N[C@H]1CCCC[C@H]1Oc1ccc(F)cc1. The largest absolute Gasteiger partial charge is 0.488 e. The van der Waals surface area contributed by atoms with E-state index in [4.69, 9.17) is 4.74 Å². The standard InChI is InChI=1S/C22H22FN3O3/c23-15-9-11-16(12-10-15)29-21-8-4-2-6-18(21)25-22(28)14-26-19-7-3-1-5-17(19)20(27)13-24-26/h1,3,5,7,9-13,18,21H,2,4,6,8,14H2,(H,25,28)/t18-,21+/m0/s1. The van der Waals surface area contributed by atoms with E-state index in [-0.39, 0.29) is 35.8 Å². The normalized spacial score (nSPS) is 19.1. The Labute approximate surface area is 167 Å². The van der Waals surface area contributed by atoms with Gasteiger partial charge in [0.15, 0.2) is 0 Å². The molecule has 1 aromatic heterocycles. The average molecular weight is 395 g/mol. The Balaban J connectivity index is 1.46. The quantitative estimate of drug-likeness (QED) is 0.721. The van der Waals surface area contributed by atoms with Crippen LogP contribution < -0.4 is 15.5 Å².